The highest BCUT2D eigenvalue weighted by molar-refractivity contribution is 6.06. The summed E-state index contributed by atoms with van der Waals surface area (Å²) in [4.78, 5) is 32.5. The third-order valence-electron chi connectivity index (χ3n) is 7.33. The Morgan fingerprint density at radius 2 is 1.75 bits per heavy atom. The number of hydrogen-bond acceptors (Lipinski definition) is 4. The summed E-state index contributed by atoms with van der Waals surface area (Å²) in [5.74, 6) is -0.792. The van der Waals surface area contributed by atoms with Crippen LogP contribution in [0.2, 0.25) is 0 Å². The highest BCUT2D eigenvalue weighted by Crippen LogP contribution is 2.34. The third-order valence-corrected chi connectivity index (χ3v) is 7.33. The zero-order chi connectivity index (χ0) is 25.8. The van der Waals surface area contributed by atoms with Crippen LogP contribution in [-0.4, -0.2) is 49.9 Å². The van der Waals surface area contributed by atoms with Gasteiger partial charge >= 0.3 is 0 Å². The number of amides is 2. The van der Waals surface area contributed by atoms with E-state index < -0.39 is 5.92 Å². The van der Waals surface area contributed by atoms with E-state index in [9.17, 15) is 9.59 Å². The molecule has 2 heterocycles. The summed E-state index contributed by atoms with van der Waals surface area (Å²) in [5, 5.41) is 3.03. The number of anilines is 1. The number of aliphatic imine (C=N–C) groups is 1. The van der Waals surface area contributed by atoms with E-state index in [2.05, 4.69) is 59.4 Å². The highest BCUT2D eigenvalue weighted by Gasteiger charge is 2.27. The lowest BCUT2D eigenvalue weighted by molar-refractivity contribution is -0.120. The van der Waals surface area contributed by atoms with Gasteiger partial charge in [-0.15, -0.1) is 0 Å². The molecular weight excluding hydrogens is 450 g/mol. The standard InChI is InChI=1S/C30H37N3O3/c1-6-33(25-11-13-36-14-12-25)28-17-24(23-9-7-19(2)8-10-23)16-26(22(28)5)29(34)31-18-27-20(3)15-21(4)32-30(27)35/h7-10,15-17,25,27H,6,11-14,18H2,1-5H3,(H,31,34). The molecule has 6 nitrogen and oxygen atoms in total. The smallest absolute Gasteiger partial charge is 0.254 e. The lowest BCUT2D eigenvalue weighted by Gasteiger charge is -2.37. The van der Waals surface area contributed by atoms with Gasteiger partial charge in [0.1, 0.15) is 0 Å². The van der Waals surface area contributed by atoms with Crippen molar-refractivity contribution in [3.63, 3.8) is 0 Å². The molecule has 2 aromatic rings. The normalized spacial score (nSPS) is 18.5. The van der Waals surface area contributed by atoms with Crippen molar-refractivity contribution in [3.05, 3.63) is 64.7 Å². The number of dihydropyridines is 1. The fourth-order valence-electron chi connectivity index (χ4n) is 5.21. The van der Waals surface area contributed by atoms with Crippen molar-refractivity contribution in [1.82, 2.24) is 5.32 Å². The molecule has 1 N–H and O–H groups in total. The van der Waals surface area contributed by atoms with Gasteiger partial charge in [0.15, 0.2) is 0 Å². The average Bonchev–Trinajstić information content (AvgIpc) is 2.86. The minimum atomic E-state index is -0.424. The highest BCUT2D eigenvalue weighted by atomic mass is 16.5. The van der Waals surface area contributed by atoms with Gasteiger partial charge < -0.3 is 15.0 Å². The number of ether oxygens (including phenoxy) is 1. The first-order valence-corrected chi connectivity index (χ1v) is 12.9. The summed E-state index contributed by atoms with van der Waals surface area (Å²) in [7, 11) is 0. The molecule has 6 heteroatoms. The van der Waals surface area contributed by atoms with Gasteiger partial charge in [0.05, 0.1) is 5.92 Å². The second-order valence-electron chi connectivity index (χ2n) is 9.91. The van der Waals surface area contributed by atoms with E-state index in [1.54, 1.807) is 0 Å². The topological polar surface area (TPSA) is 71.0 Å². The molecule has 0 aliphatic carbocycles. The number of carbonyl (C=O) groups excluding carboxylic acids is 2. The third kappa shape index (κ3) is 5.59. The predicted octanol–water partition coefficient (Wildman–Crippen LogP) is 5.27. The first kappa shape index (κ1) is 25.8. The summed E-state index contributed by atoms with van der Waals surface area (Å²) < 4.78 is 5.61. The van der Waals surface area contributed by atoms with Crippen molar-refractivity contribution in [2.45, 2.75) is 53.5 Å². The molecule has 1 atom stereocenters. The molecule has 0 aromatic heterocycles. The molecule has 36 heavy (non-hydrogen) atoms. The molecule has 190 valence electrons. The van der Waals surface area contributed by atoms with E-state index in [1.165, 1.54) is 5.56 Å². The monoisotopic (exact) mass is 487 g/mol. The SMILES string of the molecule is CCN(c1cc(-c2ccc(C)cc2)cc(C(=O)NCC2C(=O)N=C(C)C=C2C)c1C)C1CCOCC1. The van der Waals surface area contributed by atoms with E-state index in [0.29, 0.717) is 17.3 Å². The van der Waals surface area contributed by atoms with E-state index in [0.717, 1.165) is 60.6 Å². The number of aryl methyl sites for hydroxylation is 1. The number of allylic oxidation sites excluding steroid dienone is 1. The Balaban J connectivity index is 1.69. The minimum Gasteiger partial charge on any atom is -0.381 e. The second kappa shape index (κ2) is 11.2. The zero-order valence-corrected chi connectivity index (χ0v) is 22.1. The molecule has 2 aromatic carbocycles. The lowest BCUT2D eigenvalue weighted by Crippen LogP contribution is -2.40. The molecule has 0 bridgehead atoms. The van der Waals surface area contributed by atoms with Crippen LogP contribution in [0.4, 0.5) is 5.69 Å². The molecule has 1 fully saturated rings. The summed E-state index contributed by atoms with van der Waals surface area (Å²) in [6.45, 7) is 12.6. The molecule has 1 saturated heterocycles. The summed E-state index contributed by atoms with van der Waals surface area (Å²) in [6, 6.07) is 13.0. The van der Waals surface area contributed by atoms with Crippen LogP contribution < -0.4 is 10.2 Å². The van der Waals surface area contributed by atoms with Crippen LogP contribution in [0.1, 0.15) is 55.1 Å². The van der Waals surface area contributed by atoms with Crippen LogP contribution in [-0.2, 0) is 9.53 Å². The molecule has 0 radical (unpaired) electrons. The lowest BCUT2D eigenvalue weighted by atomic mass is 9.94. The number of carbonyl (C=O) groups is 2. The van der Waals surface area contributed by atoms with E-state index >= 15 is 0 Å². The second-order valence-corrected chi connectivity index (χ2v) is 9.91. The molecule has 2 aliphatic rings. The Hall–Kier alpha value is -3.25. The van der Waals surface area contributed by atoms with Crippen molar-refractivity contribution in [3.8, 4) is 11.1 Å². The summed E-state index contributed by atoms with van der Waals surface area (Å²) in [6.07, 6.45) is 3.85. The van der Waals surface area contributed by atoms with Gasteiger partial charge in [0, 0.05) is 49.3 Å². The van der Waals surface area contributed by atoms with E-state index in [1.807, 2.05) is 32.9 Å². The number of nitrogens with zero attached hydrogens (tertiary/aromatic N) is 2. The van der Waals surface area contributed by atoms with Crippen LogP contribution in [0.3, 0.4) is 0 Å². The Labute approximate surface area is 214 Å². The van der Waals surface area contributed by atoms with Gasteiger partial charge in [-0.3, -0.25) is 9.59 Å². The summed E-state index contributed by atoms with van der Waals surface area (Å²) >= 11 is 0. The molecule has 4 rings (SSSR count). The fraction of sp³-hybridized carbons (Fsp3) is 0.433. The molecule has 2 amide bonds. The van der Waals surface area contributed by atoms with E-state index in [-0.39, 0.29) is 18.4 Å². The van der Waals surface area contributed by atoms with Gasteiger partial charge in [0.2, 0.25) is 0 Å². The van der Waals surface area contributed by atoms with Crippen molar-refractivity contribution in [2.24, 2.45) is 10.9 Å². The molecule has 0 saturated carbocycles. The predicted molar refractivity (Wildman–Crippen MR) is 146 cm³/mol. The molecule has 1 unspecified atom stereocenters. The fourth-order valence-corrected chi connectivity index (χ4v) is 5.21. The number of hydrogen-bond donors (Lipinski definition) is 1. The molecule has 2 aliphatic heterocycles. The van der Waals surface area contributed by atoms with Gasteiger partial charge in [-0.05, 0) is 82.4 Å². The minimum absolute atomic E-state index is 0.169. The van der Waals surface area contributed by atoms with Crippen LogP contribution in [0.15, 0.2) is 53.0 Å². The maximum absolute atomic E-state index is 13.5. The Morgan fingerprint density at radius 1 is 1.06 bits per heavy atom. The van der Waals surface area contributed by atoms with Crippen LogP contribution in [0.5, 0.6) is 0 Å². The summed E-state index contributed by atoms with van der Waals surface area (Å²) in [5.41, 5.74) is 7.58. The quantitative estimate of drug-likeness (QED) is 0.578. The number of benzene rings is 2. The van der Waals surface area contributed by atoms with E-state index in [4.69, 9.17) is 4.74 Å². The Morgan fingerprint density at radius 3 is 2.39 bits per heavy atom. The first-order chi connectivity index (χ1) is 17.3. The maximum atomic E-state index is 13.5. The maximum Gasteiger partial charge on any atom is 0.254 e. The van der Waals surface area contributed by atoms with Crippen LogP contribution in [0, 0.1) is 19.8 Å². The number of rotatable bonds is 7. The Bertz CT molecular complexity index is 1190. The van der Waals surface area contributed by atoms with Crippen molar-refractivity contribution < 1.29 is 14.3 Å². The van der Waals surface area contributed by atoms with Crippen LogP contribution in [0.25, 0.3) is 11.1 Å². The van der Waals surface area contributed by atoms with Gasteiger partial charge in [0.25, 0.3) is 11.8 Å². The zero-order valence-electron chi connectivity index (χ0n) is 22.1. The average molecular weight is 488 g/mol. The first-order valence-electron chi connectivity index (χ1n) is 12.9. The molecule has 0 spiro atoms. The van der Waals surface area contributed by atoms with Crippen molar-refractivity contribution in [1.29, 1.82) is 0 Å². The van der Waals surface area contributed by atoms with Crippen LogP contribution >= 0.6 is 0 Å². The van der Waals surface area contributed by atoms with Gasteiger partial charge in [-0.2, -0.15) is 0 Å². The molecular formula is C30H37N3O3. The Kier molecular flexibility index (Phi) is 8.04. The van der Waals surface area contributed by atoms with Gasteiger partial charge in [-0.25, -0.2) is 4.99 Å². The van der Waals surface area contributed by atoms with Gasteiger partial charge in [-0.1, -0.05) is 35.4 Å². The largest absolute Gasteiger partial charge is 0.381 e. The van der Waals surface area contributed by atoms with Crippen molar-refractivity contribution in [2.75, 3.05) is 31.2 Å². The van der Waals surface area contributed by atoms with Crippen molar-refractivity contribution >= 4 is 23.2 Å². The number of nitrogens with one attached hydrogen (secondary N) is 1.